The Morgan fingerprint density at radius 3 is 2.75 bits per heavy atom. The molecule has 2 aromatic heterocycles. The predicted molar refractivity (Wildman–Crippen MR) is 152 cm³/mol. The van der Waals surface area contributed by atoms with Crippen LogP contribution in [-0.2, 0) is 22.4 Å². The third-order valence-electron chi connectivity index (χ3n) is 12.3. The maximum atomic E-state index is 12.0. The first-order valence-corrected chi connectivity index (χ1v) is 15.3. The lowest BCUT2D eigenvalue weighted by Gasteiger charge is -2.63. The number of methoxy groups -OCH3 is 1. The maximum absolute atomic E-state index is 12.0. The van der Waals surface area contributed by atoms with E-state index >= 15 is 0 Å². The highest BCUT2D eigenvalue weighted by Crippen LogP contribution is 2.68. The number of esters is 1. The first-order chi connectivity index (χ1) is 19.1. The van der Waals surface area contributed by atoms with E-state index in [0.717, 1.165) is 67.5 Å². The van der Waals surface area contributed by atoms with Gasteiger partial charge in [0.05, 0.1) is 30.4 Å². The number of carbonyl (C=O) groups excluding carboxylic acids is 1. The fourth-order valence-corrected chi connectivity index (χ4v) is 10.5. The van der Waals surface area contributed by atoms with Gasteiger partial charge in [-0.2, -0.15) is 0 Å². The van der Waals surface area contributed by atoms with Gasteiger partial charge in [0.15, 0.2) is 0 Å². The molecule has 7 rings (SSSR count). The summed E-state index contributed by atoms with van der Waals surface area (Å²) < 4.78 is 7.03. The second kappa shape index (κ2) is 9.25. The van der Waals surface area contributed by atoms with Gasteiger partial charge in [-0.3, -0.25) is 9.20 Å². The smallest absolute Gasteiger partial charge is 0.305 e. The Labute approximate surface area is 236 Å². The van der Waals surface area contributed by atoms with Gasteiger partial charge in [-0.1, -0.05) is 32.9 Å². The number of para-hydroxylation sites is 2. The normalized spacial score (nSPS) is 39.3. The van der Waals surface area contributed by atoms with Crippen LogP contribution in [-0.4, -0.2) is 49.9 Å². The van der Waals surface area contributed by atoms with Crippen LogP contribution < -0.4 is 0 Å². The Bertz CT molecular complexity index is 1470. The predicted octanol–water partition coefficient (Wildman–Crippen LogP) is 4.99. The molecule has 7 heteroatoms. The van der Waals surface area contributed by atoms with Crippen molar-refractivity contribution in [2.75, 3.05) is 7.11 Å². The van der Waals surface area contributed by atoms with Crippen molar-refractivity contribution in [3.05, 3.63) is 41.7 Å². The molecule has 4 aliphatic rings. The van der Waals surface area contributed by atoms with Gasteiger partial charge in [-0.05, 0) is 109 Å². The Morgan fingerprint density at radius 2 is 1.95 bits per heavy atom. The first kappa shape index (κ1) is 26.4. The van der Waals surface area contributed by atoms with Crippen molar-refractivity contribution in [3.8, 4) is 0 Å². The zero-order valence-electron chi connectivity index (χ0n) is 24.2. The van der Waals surface area contributed by atoms with Crippen molar-refractivity contribution in [2.45, 2.75) is 84.3 Å². The van der Waals surface area contributed by atoms with Gasteiger partial charge in [-0.25, -0.2) is 9.97 Å². The van der Waals surface area contributed by atoms with Crippen molar-refractivity contribution in [1.82, 2.24) is 14.4 Å². The fraction of sp³-hybridized carbons (Fsp3) is 0.667. The van der Waals surface area contributed by atoms with E-state index in [1.165, 1.54) is 12.7 Å². The minimum absolute atomic E-state index is 0.0314. The van der Waals surface area contributed by atoms with Crippen LogP contribution in [0.4, 0.5) is 0 Å². The van der Waals surface area contributed by atoms with E-state index in [0.29, 0.717) is 24.2 Å². The number of hydrogen-bond acceptors (Lipinski definition) is 6. The molecule has 7 nitrogen and oxygen atoms in total. The van der Waals surface area contributed by atoms with Crippen LogP contribution in [0.15, 0.2) is 30.5 Å². The van der Waals surface area contributed by atoms with Crippen molar-refractivity contribution in [1.29, 1.82) is 0 Å². The molecular formula is C33H43N3O4. The van der Waals surface area contributed by atoms with E-state index < -0.39 is 12.2 Å². The second-order valence-electron chi connectivity index (χ2n) is 14.1. The third kappa shape index (κ3) is 3.72. The molecule has 214 valence electrons. The van der Waals surface area contributed by atoms with E-state index in [-0.39, 0.29) is 34.6 Å². The van der Waals surface area contributed by atoms with Crippen LogP contribution in [0.3, 0.4) is 0 Å². The van der Waals surface area contributed by atoms with Gasteiger partial charge in [0.25, 0.3) is 0 Å². The monoisotopic (exact) mass is 545 g/mol. The molecule has 10 atom stereocenters. The minimum atomic E-state index is -0.450. The van der Waals surface area contributed by atoms with Crippen molar-refractivity contribution in [3.63, 3.8) is 0 Å². The van der Waals surface area contributed by atoms with Crippen LogP contribution in [0, 0.1) is 46.3 Å². The number of benzene rings is 1. The SMILES string of the molecule is COC(=O)CC[C@@H](C)[C@H]1CC[C@H]2[C@H]3[C@H]([C@H](O)C[C@]12C)[C@@]1(C)Cc2cn4c(nc2C[C@@H]1C[C@H]3O)nc1ccccc14. The van der Waals surface area contributed by atoms with Gasteiger partial charge in [0.2, 0.25) is 5.78 Å². The molecule has 0 spiro atoms. The van der Waals surface area contributed by atoms with E-state index in [1.807, 2.05) is 18.2 Å². The first-order valence-electron chi connectivity index (χ1n) is 15.3. The molecule has 0 amide bonds. The lowest BCUT2D eigenvalue weighted by Crippen LogP contribution is -2.63. The van der Waals surface area contributed by atoms with Gasteiger partial charge in [0, 0.05) is 18.3 Å². The summed E-state index contributed by atoms with van der Waals surface area (Å²) in [5, 5.41) is 23.8. The number of hydrogen-bond donors (Lipinski definition) is 2. The summed E-state index contributed by atoms with van der Waals surface area (Å²) in [6.45, 7) is 7.02. The number of carbonyl (C=O) groups is 1. The van der Waals surface area contributed by atoms with Crippen molar-refractivity contribution >= 4 is 22.8 Å². The van der Waals surface area contributed by atoms with Crippen molar-refractivity contribution in [2.24, 2.45) is 46.3 Å². The molecule has 0 bridgehead atoms. The molecule has 0 saturated heterocycles. The van der Waals surface area contributed by atoms with Crippen LogP contribution >= 0.6 is 0 Å². The summed E-state index contributed by atoms with van der Waals surface area (Å²) in [5.41, 5.74) is 4.25. The molecule has 3 aromatic rings. The average molecular weight is 546 g/mol. The van der Waals surface area contributed by atoms with Crippen LogP contribution in [0.25, 0.3) is 16.8 Å². The molecule has 4 aliphatic carbocycles. The number of imidazole rings is 1. The Balaban J connectivity index is 1.21. The Kier molecular flexibility index (Phi) is 6.10. The van der Waals surface area contributed by atoms with E-state index in [4.69, 9.17) is 14.7 Å². The lowest BCUT2D eigenvalue weighted by molar-refractivity contribution is -0.200. The van der Waals surface area contributed by atoms with Crippen LogP contribution in [0.5, 0.6) is 0 Å². The molecule has 0 aliphatic heterocycles. The number of nitrogens with zero attached hydrogens (tertiary/aromatic N) is 3. The molecule has 3 fully saturated rings. The minimum Gasteiger partial charge on any atom is -0.469 e. The van der Waals surface area contributed by atoms with E-state index in [1.54, 1.807) is 0 Å². The number of rotatable bonds is 4. The number of fused-ring (bicyclic) bond motifs is 9. The molecule has 3 saturated carbocycles. The topological polar surface area (TPSA) is 97.0 Å². The number of aromatic nitrogens is 3. The number of aliphatic hydroxyl groups is 2. The second-order valence-corrected chi connectivity index (χ2v) is 14.1. The summed E-state index contributed by atoms with van der Waals surface area (Å²) in [5.74, 6) is 2.24. The van der Waals surface area contributed by atoms with E-state index in [9.17, 15) is 15.0 Å². The molecule has 1 aromatic carbocycles. The lowest BCUT2D eigenvalue weighted by atomic mass is 9.43. The molecule has 2 N–H and O–H groups in total. The summed E-state index contributed by atoms with van der Waals surface area (Å²) in [4.78, 5) is 21.6. The third-order valence-corrected chi connectivity index (χ3v) is 12.3. The molecular weight excluding hydrogens is 502 g/mol. The van der Waals surface area contributed by atoms with Crippen LogP contribution in [0.2, 0.25) is 0 Å². The van der Waals surface area contributed by atoms with Crippen molar-refractivity contribution < 1.29 is 19.7 Å². The quantitative estimate of drug-likeness (QED) is 0.449. The van der Waals surface area contributed by atoms with Gasteiger partial charge in [0.1, 0.15) is 0 Å². The highest BCUT2D eigenvalue weighted by atomic mass is 16.5. The van der Waals surface area contributed by atoms with Gasteiger partial charge < -0.3 is 14.9 Å². The largest absolute Gasteiger partial charge is 0.469 e. The van der Waals surface area contributed by atoms with Gasteiger partial charge >= 0.3 is 5.97 Å². The Hall–Kier alpha value is -2.51. The summed E-state index contributed by atoms with van der Waals surface area (Å²) in [6.07, 6.45) is 8.07. The molecule has 40 heavy (non-hydrogen) atoms. The molecule has 0 radical (unpaired) electrons. The molecule has 0 unspecified atom stereocenters. The summed E-state index contributed by atoms with van der Waals surface area (Å²) in [6, 6.07) is 8.18. The van der Waals surface area contributed by atoms with Gasteiger partial charge in [-0.15, -0.1) is 0 Å². The highest BCUT2D eigenvalue weighted by molar-refractivity contribution is 5.79. The summed E-state index contributed by atoms with van der Waals surface area (Å²) >= 11 is 0. The van der Waals surface area contributed by atoms with E-state index in [2.05, 4.69) is 37.4 Å². The van der Waals surface area contributed by atoms with Crippen LogP contribution in [0.1, 0.15) is 70.6 Å². The average Bonchev–Trinajstić information content (AvgIpc) is 3.46. The number of aliphatic hydroxyl groups excluding tert-OH is 2. The zero-order valence-corrected chi connectivity index (χ0v) is 24.2. The Morgan fingerprint density at radius 1 is 1.15 bits per heavy atom. The zero-order chi connectivity index (χ0) is 28.0. The fourth-order valence-electron chi connectivity index (χ4n) is 10.5. The highest BCUT2D eigenvalue weighted by Gasteiger charge is 2.65. The molecule has 2 heterocycles. The maximum Gasteiger partial charge on any atom is 0.305 e. The summed E-state index contributed by atoms with van der Waals surface area (Å²) in [7, 11) is 1.45. The number of ether oxygens (including phenoxy) is 1. The standard InChI is InChI=1S/C33H43N3O4/c1-18(9-12-28(39)40-4)21-10-11-22-29-26(37)14-20-13-24-19(15-32(20,2)30(29)27(38)16-33(21,22)3)17-36-25-8-6-5-7-23(25)34-31(36)35-24/h5-8,17-18,20-22,26-27,29-30,37-38H,9-16H2,1-4H3/t18-,20-,21-,22+,26-,27-,29-,30+,32+,33-/m1/s1.